The van der Waals surface area contributed by atoms with E-state index in [2.05, 4.69) is 47.3 Å². The van der Waals surface area contributed by atoms with E-state index in [0.717, 1.165) is 0 Å². The van der Waals surface area contributed by atoms with Crippen LogP contribution in [0.3, 0.4) is 0 Å². The third-order valence-electron chi connectivity index (χ3n) is 5.70. The Morgan fingerprint density at radius 2 is 1.12 bits per heavy atom. The number of aromatic nitrogens is 1. The zero-order valence-electron chi connectivity index (χ0n) is 15.9. The second kappa shape index (κ2) is 10.5. The molecule has 1 saturated carbocycles. The lowest BCUT2D eigenvalue weighted by Gasteiger charge is -2.09. The van der Waals surface area contributed by atoms with E-state index in [1.807, 2.05) is 0 Å². The summed E-state index contributed by atoms with van der Waals surface area (Å²) in [6.45, 7) is 0. The summed E-state index contributed by atoms with van der Waals surface area (Å²) in [4.78, 5) is 0. The molecule has 0 saturated heterocycles. The van der Waals surface area contributed by atoms with Gasteiger partial charge in [-0.1, -0.05) is 88.0 Å². The summed E-state index contributed by atoms with van der Waals surface area (Å²) in [6.07, 6.45) is 24.4. The Balaban J connectivity index is 1.65. The van der Waals surface area contributed by atoms with Crippen LogP contribution in [0.1, 0.15) is 89.9 Å². The summed E-state index contributed by atoms with van der Waals surface area (Å²) in [5.41, 5.74) is 2.99. The van der Waals surface area contributed by atoms with Crippen molar-refractivity contribution < 1.29 is 0 Å². The first-order valence-electron chi connectivity index (χ1n) is 10.7. The minimum atomic E-state index is 1.28. The standard InChI is InChI=1S/C24H35N/c1-2-4-6-8-10-12-16-22(15-11-9-7-5-3-1)21-25-20-19-23-17-13-14-18-24(23)25/h13-14,17-21H,1-12,15-16H2. The molecule has 0 atom stereocenters. The molecule has 0 N–H and O–H groups in total. The molecule has 1 aliphatic rings. The van der Waals surface area contributed by atoms with Crippen molar-refractivity contribution in [3.8, 4) is 0 Å². The Morgan fingerprint density at radius 3 is 1.72 bits per heavy atom. The molecule has 3 rings (SSSR count). The quantitative estimate of drug-likeness (QED) is 0.497. The van der Waals surface area contributed by atoms with Crippen molar-refractivity contribution in [2.45, 2.75) is 89.9 Å². The van der Waals surface area contributed by atoms with Crippen molar-refractivity contribution in [2.24, 2.45) is 0 Å². The van der Waals surface area contributed by atoms with E-state index < -0.39 is 0 Å². The first-order valence-corrected chi connectivity index (χ1v) is 10.7. The van der Waals surface area contributed by atoms with E-state index in [-0.39, 0.29) is 0 Å². The number of nitrogens with zero attached hydrogens (tertiary/aromatic N) is 1. The number of para-hydroxylation sites is 1. The molecule has 0 bridgehead atoms. The lowest BCUT2D eigenvalue weighted by Crippen LogP contribution is -1.92. The van der Waals surface area contributed by atoms with Crippen molar-refractivity contribution in [1.82, 2.24) is 4.57 Å². The third-order valence-corrected chi connectivity index (χ3v) is 5.70. The molecular weight excluding hydrogens is 302 g/mol. The summed E-state index contributed by atoms with van der Waals surface area (Å²) in [5, 5.41) is 1.34. The van der Waals surface area contributed by atoms with Crippen molar-refractivity contribution in [3.05, 3.63) is 42.1 Å². The Hall–Kier alpha value is -1.50. The second-order valence-corrected chi connectivity index (χ2v) is 7.81. The summed E-state index contributed by atoms with van der Waals surface area (Å²) in [6, 6.07) is 11.0. The highest BCUT2D eigenvalue weighted by atomic mass is 14.9. The molecule has 25 heavy (non-hydrogen) atoms. The SMILES string of the molecule is C(=C1CCCCCCCCCCCCCC1)n1ccc2ccccc21. The predicted octanol–water partition coefficient (Wildman–Crippen LogP) is 7.96. The molecule has 1 aliphatic carbocycles. The van der Waals surface area contributed by atoms with Gasteiger partial charge in [0.15, 0.2) is 0 Å². The summed E-state index contributed by atoms with van der Waals surface area (Å²) in [7, 11) is 0. The number of rotatable bonds is 1. The zero-order chi connectivity index (χ0) is 17.2. The predicted molar refractivity (Wildman–Crippen MR) is 111 cm³/mol. The molecule has 2 aromatic rings. The number of hydrogen-bond acceptors (Lipinski definition) is 0. The van der Waals surface area contributed by atoms with Crippen LogP contribution < -0.4 is 0 Å². The molecule has 1 heterocycles. The largest absolute Gasteiger partial charge is 0.323 e. The van der Waals surface area contributed by atoms with Gasteiger partial charge in [-0.3, -0.25) is 0 Å². The normalized spacial score (nSPS) is 19.3. The van der Waals surface area contributed by atoms with Crippen molar-refractivity contribution >= 4 is 17.1 Å². The maximum absolute atomic E-state index is 2.43. The minimum absolute atomic E-state index is 1.28. The summed E-state index contributed by atoms with van der Waals surface area (Å²) >= 11 is 0. The number of allylic oxidation sites excluding steroid dienone is 1. The molecule has 1 aromatic carbocycles. The third kappa shape index (κ3) is 6.06. The maximum Gasteiger partial charge on any atom is 0.0522 e. The van der Waals surface area contributed by atoms with E-state index in [0.29, 0.717) is 0 Å². The van der Waals surface area contributed by atoms with Gasteiger partial charge in [-0.05, 0) is 43.2 Å². The van der Waals surface area contributed by atoms with Gasteiger partial charge in [-0.25, -0.2) is 0 Å². The molecule has 136 valence electrons. The van der Waals surface area contributed by atoms with E-state index >= 15 is 0 Å². The summed E-state index contributed by atoms with van der Waals surface area (Å²) in [5.74, 6) is 0. The number of fused-ring (bicyclic) bond motifs is 1. The zero-order valence-corrected chi connectivity index (χ0v) is 15.9. The van der Waals surface area contributed by atoms with Crippen LogP contribution in [0.4, 0.5) is 0 Å². The summed E-state index contributed by atoms with van der Waals surface area (Å²) < 4.78 is 2.35. The van der Waals surface area contributed by atoms with Crippen LogP contribution in [0.25, 0.3) is 17.1 Å². The van der Waals surface area contributed by atoms with Crippen LogP contribution in [0.2, 0.25) is 0 Å². The molecule has 1 heteroatoms. The van der Waals surface area contributed by atoms with Crippen molar-refractivity contribution in [1.29, 1.82) is 0 Å². The topological polar surface area (TPSA) is 4.93 Å². The van der Waals surface area contributed by atoms with E-state index in [1.165, 1.54) is 101 Å². The molecule has 0 amide bonds. The molecule has 0 radical (unpaired) electrons. The number of benzene rings is 1. The molecule has 1 nitrogen and oxygen atoms in total. The fraction of sp³-hybridized carbons (Fsp3) is 0.583. The highest BCUT2D eigenvalue weighted by Crippen LogP contribution is 2.23. The van der Waals surface area contributed by atoms with E-state index in [4.69, 9.17) is 0 Å². The Bertz CT molecular complexity index is 631. The van der Waals surface area contributed by atoms with Gasteiger partial charge in [0.1, 0.15) is 0 Å². The Labute approximate surface area is 154 Å². The van der Waals surface area contributed by atoms with Crippen LogP contribution in [0.5, 0.6) is 0 Å². The van der Waals surface area contributed by atoms with Gasteiger partial charge in [-0.2, -0.15) is 0 Å². The van der Waals surface area contributed by atoms with Gasteiger partial charge in [0.25, 0.3) is 0 Å². The van der Waals surface area contributed by atoms with E-state index in [9.17, 15) is 0 Å². The average Bonchev–Trinajstić information content (AvgIpc) is 3.03. The van der Waals surface area contributed by atoms with Gasteiger partial charge in [0.05, 0.1) is 5.52 Å². The van der Waals surface area contributed by atoms with Crippen LogP contribution in [0, 0.1) is 0 Å². The van der Waals surface area contributed by atoms with Gasteiger partial charge in [0.2, 0.25) is 0 Å². The van der Waals surface area contributed by atoms with Gasteiger partial charge in [-0.15, -0.1) is 0 Å². The monoisotopic (exact) mass is 337 g/mol. The average molecular weight is 338 g/mol. The molecule has 0 spiro atoms. The molecule has 0 aliphatic heterocycles. The fourth-order valence-electron chi connectivity index (χ4n) is 4.14. The molecule has 1 aromatic heterocycles. The molecular formula is C24H35N. The van der Waals surface area contributed by atoms with Crippen molar-refractivity contribution in [2.75, 3.05) is 0 Å². The Kier molecular flexibility index (Phi) is 7.67. The van der Waals surface area contributed by atoms with Crippen LogP contribution in [0.15, 0.2) is 42.1 Å². The lowest BCUT2D eigenvalue weighted by molar-refractivity contribution is 0.548. The first-order chi connectivity index (χ1) is 12.4. The highest BCUT2D eigenvalue weighted by molar-refractivity contribution is 5.82. The van der Waals surface area contributed by atoms with E-state index in [1.54, 1.807) is 5.57 Å². The van der Waals surface area contributed by atoms with Gasteiger partial charge in [0, 0.05) is 12.4 Å². The minimum Gasteiger partial charge on any atom is -0.323 e. The molecule has 0 unspecified atom stereocenters. The van der Waals surface area contributed by atoms with Gasteiger partial charge < -0.3 is 4.57 Å². The maximum atomic E-state index is 2.43. The second-order valence-electron chi connectivity index (χ2n) is 7.81. The Morgan fingerprint density at radius 1 is 0.600 bits per heavy atom. The lowest BCUT2D eigenvalue weighted by atomic mass is 10.0. The number of hydrogen-bond donors (Lipinski definition) is 0. The van der Waals surface area contributed by atoms with Crippen LogP contribution in [-0.4, -0.2) is 4.57 Å². The van der Waals surface area contributed by atoms with Crippen LogP contribution >= 0.6 is 0 Å². The molecule has 1 fully saturated rings. The smallest absolute Gasteiger partial charge is 0.0522 e. The highest BCUT2D eigenvalue weighted by Gasteiger charge is 2.03. The van der Waals surface area contributed by atoms with Crippen molar-refractivity contribution in [3.63, 3.8) is 0 Å². The van der Waals surface area contributed by atoms with Gasteiger partial charge >= 0.3 is 0 Å². The van der Waals surface area contributed by atoms with Crippen LogP contribution in [-0.2, 0) is 0 Å². The first kappa shape index (κ1) is 18.3. The fourth-order valence-corrected chi connectivity index (χ4v) is 4.14.